The van der Waals surface area contributed by atoms with E-state index in [9.17, 15) is 0 Å². The molecule has 0 aliphatic heterocycles. The lowest BCUT2D eigenvalue weighted by Gasteiger charge is -2.15. The van der Waals surface area contributed by atoms with Crippen LogP contribution >= 0.6 is 23.2 Å². The Morgan fingerprint density at radius 1 is 1.00 bits per heavy atom. The van der Waals surface area contributed by atoms with Gasteiger partial charge in [0.1, 0.15) is 0 Å². The maximum Gasteiger partial charge on any atom is 0.160 e. The van der Waals surface area contributed by atoms with Crippen LogP contribution in [0.1, 0.15) is 17.2 Å². The lowest BCUT2D eigenvalue weighted by Crippen LogP contribution is -2.14. The van der Waals surface area contributed by atoms with Gasteiger partial charge in [0.25, 0.3) is 0 Å². The maximum atomic E-state index is 6.24. The van der Waals surface area contributed by atoms with Crippen molar-refractivity contribution in [3.63, 3.8) is 0 Å². The zero-order valence-electron chi connectivity index (χ0n) is 11.9. The zero-order valence-corrected chi connectivity index (χ0v) is 13.4. The van der Waals surface area contributed by atoms with Crippen LogP contribution in [0.4, 0.5) is 0 Å². The minimum absolute atomic E-state index is 0.241. The molecule has 0 heterocycles. The second kappa shape index (κ2) is 7.03. The summed E-state index contributed by atoms with van der Waals surface area (Å²) in [4.78, 5) is 0. The predicted octanol–water partition coefficient (Wildman–Crippen LogP) is 4.25. The van der Waals surface area contributed by atoms with Gasteiger partial charge in [0.15, 0.2) is 11.5 Å². The fourth-order valence-corrected chi connectivity index (χ4v) is 2.61. The highest BCUT2D eigenvalue weighted by atomic mass is 35.5. The van der Waals surface area contributed by atoms with E-state index >= 15 is 0 Å². The van der Waals surface area contributed by atoms with Crippen LogP contribution < -0.4 is 15.2 Å². The second-order valence-corrected chi connectivity index (χ2v) is 5.51. The summed E-state index contributed by atoms with van der Waals surface area (Å²) in [5, 5.41) is 1.24. The van der Waals surface area contributed by atoms with Crippen molar-refractivity contribution in [1.82, 2.24) is 0 Å². The third kappa shape index (κ3) is 3.82. The van der Waals surface area contributed by atoms with Gasteiger partial charge in [-0.3, -0.25) is 0 Å². The van der Waals surface area contributed by atoms with Crippen LogP contribution in [0.3, 0.4) is 0 Å². The van der Waals surface area contributed by atoms with Crippen molar-refractivity contribution in [2.75, 3.05) is 14.2 Å². The molecule has 2 aromatic carbocycles. The topological polar surface area (TPSA) is 44.5 Å². The fraction of sp³-hybridized carbons (Fsp3) is 0.250. The number of hydrogen-bond donors (Lipinski definition) is 1. The Kier molecular flexibility index (Phi) is 5.34. The highest BCUT2D eigenvalue weighted by Crippen LogP contribution is 2.31. The molecule has 112 valence electrons. The van der Waals surface area contributed by atoms with Crippen LogP contribution in [0.15, 0.2) is 36.4 Å². The average molecular weight is 326 g/mol. The van der Waals surface area contributed by atoms with Crippen molar-refractivity contribution in [1.29, 1.82) is 0 Å². The Morgan fingerprint density at radius 3 is 2.38 bits per heavy atom. The summed E-state index contributed by atoms with van der Waals surface area (Å²) < 4.78 is 10.5. The number of hydrogen-bond acceptors (Lipinski definition) is 3. The molecule has 0 amide bonds. The first kappa shape index (κ1) is 16.0. The SMILES string of the molecule is COc1ccc(CC(N)c2cc(Cl)ccc2Cl)cc1OC. The van der Waals surface area contributed by atoms with Gasteiger partial charge in [-0.1, -0.05) is 29.3 Å². The van der Waals surface area contributed by atoms with Crippen molar-refractivity contribution in [2.45, 2.75) is 12.5 Å². The van der Waals surface area contributed by atoms with Crippen molar-refractivity contribution >= 4 is 23.2 Å². The molecular formula is C16H17Cl2NO2. The monoisotopic (exact) mass is 325 g/mol. The number of rotatable bonds is 5. The Morgan fingerprint density at radius 2 is 1.71 bits per heavy atom. The summed E-state index contributed by atoms with van der Waals surface area (Å²) in [6.07, 6.45) is 0.625. The molecule has 0 fully saturated rings. The van der Waals surface area contributed by atoms with Gasteiger partial charge in [-0.2, -0.15) is 0 Å². The first-order valence-electron chi connectivity index (χ1n) is 6.46. The molecule has 1 atom stereocenters. The van der Waals surface area contributed by atoms with Gasteiger partial charge in [0.05, 0.1) is 14.2 Å². The third-order valence-corrected chi connectivity index (χ3v) is 3.84. The Bertz CT molecular complexity index is 632. The quantitative estimate of drug-likeness (QED) is 0.893. The summed E-state index contributed by atoms with van der Waals surface area (Å²) in [6, 6.07) is 10.8. The Labute approximate surface area is 134 Å². The van der Waals surface area contributed by atoms with E-state index in [1.54, 1.807) is 32.4 Å². The molecule has 0 aliphatic rings. The molecule has 21 heavy (non-hydrogen) atoms. The van der Waals surface area contributed by atoms with Crippen molar-refractivity contribution in [2.24, 2.45) is 5.73 Å². The van der Waals surface area contributed by atoms with E-state index in [1.165, 1.54) is 0 Å². The van der Waals surface area contributed by atoms with Gasteiger partial charge < -0.3 is 15.2 Å². The smallest absolute Gasteiger partial charge is 0.160 e. The first-order valence-corrected chi connectivity index (χ1v) is 7.22. The molecule has 0 aromatic heterocycles. The van der Waals surface area contributed by atoms with Crippen LogP contribution in [0, 0.1) is 0 Å². The van der Waals surface area contributed by atoms with Gasteiger partial charge in [-0.05, 0) is 47.9 Å². The van der Waals surface area contributed by atoms with Gasteiger partial charge >= 0.3 is 0 Å². The molecule has 0 bridgehead atoms. The number of methoxy groups -OCH3 is 2. The molecule has 2 aromatic rings. The second-order valence-electron chi connectivity index (χ2n) is 4.67. The number of nitrogens with two attached hydrogens (primary N) is 1. The highest BCUT2D eigenvalue weighted by molar-refractivity contribution is 6.33. The summed E-state index contributed by atoms with van der Waals surface area (Å²) in [5.41, 5.74) is 8.11. The normalized spacial score (nSPS) is 12.0. The average Bonchev–Trinajstić information content (AvgIpc) is 2.49. The van der Waals surface area contributed by atoms with Gasteiger partial charge in [0, 0.05) is 16.1 Å². The molecule has 2 rings (SSSR count). The summed E-state index contributed by atoms with van der Waals surface area (Å²) in [7, 11) is 3.21. The molecule has 5 heteroatoms. The minimum Gasteiger partial charge on any atom is -0.493 e. The molecule has 0 saturated carbocycles. The highest BCUT2D eigenvalue weighted by Gasteiger charge is 2.13. The summed E-state index contributed by atoms with van der Waals surface area (Å²) >= 11 is 12.2. The molecule has 0 aliphatic carbocycles. The maximum absolute atomic E-state index is 6.24. The van der Waals surface area contributed by atoms with Crippen LogP contribution in [-0.4, -0.2) is 14.2 Å². The minimum atomic E-state index is -0.241. The third-order valence-electron chi connectivity index (χ3n) is 3.26. The van der Waals surface area contributed by atoms with E-state index < -0.39 is 0 Å². The van der Waals surface area contributed by atoms with Crippen molar-refractivity contribution < 1.29 is 9.47 Å². The fourth-order valence-electron chi connectivity index (χ4n) is 2.17. The Hall–Kier alpha value is -1.42. The van der Waals surface area contributed by atoms with E-state index in [0.717, 1.165) is 11.1 Å². The first-order chi connectivity index (χ1) is 10.0. The molecule has 1 unspecified atom stereocenters. The van der Waals surface area contributed by atoms with Gasteiger partial charge in [0.2, 0.25) is 0 Å². The van der Waals surface area contributed by atoms with E-state index in [4.69, 9.17) is 38.4 Å². The van der Waals surface area contributed by atoms with Gasteiger partial charge in [-0.25, -0.2) is 0 Å². The van der Waals surface area contributed by atoms with Crippen molar-refractivity contribution in [3.8, 4) is 11.5 Å². The molecule has 0 radical (unpaired) electrons. The summed E-state index contributed by atoms with van der Waals surface area (Å²) in [5.74, 6) is 1.37. The largest absolute Gasteiger partial charge is 0.493 e. The number of halogens is 2. The molecule has 3 nitrogen and oxygen atoms in total. The molecule has 0 spiro atoms. The van der Waals surface area contributed by atoms with Crippen LogP contribution in [0.2, 0.25) is 10.0 Å². The number of ether oxygens (including phenoxy) is 2. The summed E-state index contributed by atoms with van der Waals surface area (Å²) in [6.45, 7) is 0. The predicted molar refractivity (Wildman–Crippen MR) is 86.6 cm³/mol. The van der Waals surface area contributed by atoms with E-state index in [0.29, 0.717) is 28.0 Å². The lowest BCUT2D eigenvalue weighted by atomic mass is 9.99. The molecule has 2 N–H and O–H groups in total. The lowest BCUT2D eigenvalue weighted by molar-refractivity contribution is 0.354. The van der Waals surface area contributed by atoms with Crippen LogP contribution in [-0.2, 0) is 6.42 Å². The molecule has 0 saturated heterocycles. The van der Waals surface area contributed by atoms with E-state index in [-0.39, 0.29) is 6.04 Å². The van der Waals surface area contributed by atoms with Crippen LogP contribution in [0.5, 0.6) is 11.5 Å². The van der Waals surface area contributed by atoms with Crippen LogP contribution in [0.25, 0.3) is 0 Å². The zero-order chi connectivity index (χ0) is 15.4. The van der Waals surface area contributed by atoms with Crippen molar-refractivity contribution in [3.05, 3.63) is 57.6 Å². The van der Waals surface area contributed by atoms with E-state index in [1.807, 2.05) is 18.2 Å². The van der Waals surface area contributed by atoms with E-state index in [2.05, 4.69) is 0 Å². The molecular weight excluding hydrogens is 309 g/mol. The number of benzene rings is 2. The van der Waals surface area contributed by atoms with Gasteiger partial charge in [-0.15, -0.1) is 0 Å². The standard InChI is InChI=1S/C16H17Cl2NO2/c1-20-15-6-3-10(8-16(15)21-2)7-14(19)12-9-11(17)4-5-13(12)18/h3-6,8-9,14H,7,19H2,1-2H3. The Balaban J connectivity index is 2.23.